The van der Waals surface area contributed by atoms with Crippen molar-refractivity contribution < 1.29 is 34.1 Å². The zero-order chi connectivity index (χ0) is 30.4. The number of nitrogens with zero attached hydrogens (tertiary/aromatic N) is 1. The summed E-state index contributed by atoms with van der Waals surface area (Å²) < 4.78 is 10.5. The molecule has 0 aliphatic rings. The van der Waals surface area contributed by atoms with E-state index in [4.69, 9.17) is 9.47 Å². The molecule has 0 spiro atoms. The Morgan fingerprint density at radius 3 is 2.22 bits per heavy atom. The fourth-order valence-electron chi connectivity index (χ4n) is 4.32. The van der Waals surface area contributed by atoms with Gasteiger partial charge in [-0.25, -0.2) is 4.79 Å². The largest absolute Gasteiger partial charge is 0.508 e. The average molecular weight is 572 g/mol. The van der Waals surface area contributed by atoms with Gasteiger partial charge in [0.2, 0.25) is 5.91 Å². The summed E-state index contributed by atoms with van der Waals surface area (Å²) in [4.78, 5) is 41.6. The Hall–Kier alpha value is -3.79. The van der Waals surface area contributed by atoms with Crippen molar-refractivity contribution in [2.24, 2.45) is 0 Å². The van der Waals surface area contributed by atoms with Crippen LogP contribution in [0.1, 0.15) is 77.8 Å². The molecule has 10 heteroatoms. The standard InChI is InChI=1S/C31H45N3O7/c1-6-7-8-9-10-11-19-34(29(38)26(21-35)33-30(39)41-31(2,3)4)27(22-13-12-14-24(36)20-22)28(37)32-23-15-17-25(40-5)18-16-23/h12-18,20,26-27,35-36H,6-11,19,21H2,1-5H3,(H,32,37)(H,33,39). The van der Waals surface area contributed by atoms with Crippen molar-refractivity contribution >= 4 is 23.6 Å². The number of phenolic OH excluding ortho intramolecular Hbond substituents is 1. The van der Waals surface area contributed by atoms with Crippen LogP contribution in [-0.4, -0.2) is 64.9 Å². The second-order valence-corrected chi connectivity index (χ2v) is 10.9. The molecule has 0 heterocycles. The van der Waals surface area contributed by atoms with E-state index in [1.54, 1.807) is 64.3 Å². The van der Waals surface area contributed by atoms with E-state index in [9.17, 15) is 24.6 Å². The van der Waals surface area contributed by atoms with Crippen LogP contribution in [0.2, 0.25) is 0 Å². The lowest BCUT2D eigenvalue weighted by Crippen LogP contribution is -2.54. The van der Waals surface area contributed by atoms with E-state index >= 15 is 0 Å². The fraction of sp³-hybridized carbons (Fsp3) is 0.516. The second kappa shape index (κ2) is 16.5. The summed E-state index contributed by atoms with van der Waals surface area (Å²) in [5.41, 5.74) is 0.0519. The third-order valence-electron chi connectivity index (χ3n) is 6.31. The van der Waals surface area contributed by atoms with E-state index in [1.807, 2.05) is 0 Å². The Balaban J connectivity index is 2.43. The van der Waals surface area contributed by atoms with Crippen LogP contribution in [-0.2, 0) is 14.3 Å². The molecule has 4 N–H and O–H groups in total. The van der Waals surface area contributed by atoms with Crippen LogP contribution >= 0.6 is 0 Å². The molecular weight excluding hydrogens is 526 g/mol. The van der Waals surface area contributed by atoms with Crippen LogP contribution in [0, 0.1) is 0 Å². The Morgan fingerprint density at radius 2 is 1.63 bits per heavy atom. The normalized spacial score (nSPS) is 12.6. The number of aliphatic hydroxyl groups excluding tert-OH is 1. The van der Waals surface area contributed by atoms with Crippen LogP contribution < -0.4 is 15.4 Å². The maximum absolute atomic E-state index is 13.9. The van der Waals surface area contributed by atoms with Crippen LogP contribution in [0.25, 0.3) is 0 Å². The van der Waals surface area contributed by atoms with Gasteiger partial charge in [-0.2, -0.15) is 0 Å². The third-order valence-corrected chi connectivity index (χ3v) is 6.31. The van der Waals surface area contributed by atoms with Gasteiger partial charge < -0.3 is 35.2 Å². The van der Waals surface area contributed by atoms with Gasteiger partial charge >= 0.3 is 6.09 Å². The molecule has 0 radical (unpaired) electrons. The molecule has 226 valence electrons. The first-order valence-corrected chi connectivity index (χ1v) is 14.1. The van der Waals surface area contributed by atoms with Crippen LogP contribution in [0.15, 0.2) is 48.5 Å². The highest BCUT2D eigenvalue weighted by atomic mass is 16.6. The monoisotopic (exact) mass is 571 g/mol. The van der Waals surface area contributed by atoms with Crippen molar-refractivity contribution in [1.29, 1.82) is 0 Å². The van der Waals surface area contributed by atoms with Crippen LogP contribution in [0.3, 0.4) is 0 Å². The Bertz CT molecular complexity index is 1120. The first-order valence-electron chi connectivity index (χ1n) is 14.1. The van der Waals surface area contributed by atoms with E-state index < -0.39 is 42.2 Å². The highest BCUT2D eigenvalue weighted by Gasteiger charge is 2.36. The number of ether oxygens (including phenoxy) is 2. The van der Waals surface area contributed by atoms with Crippen molar-refractivity contribution in [2.45, 2.75) is 83.9 Å². The summed E-state index contributed by atoms with van der Waals surface area (Å²) >= 11 is 0. The molecule has 2 rings (SSSR count). The highest BCUT2D eigenvalue weighted by Crippen LogP contribution is 2.28. The molecule has 2 atom stereocenters. The number of alkyl carbamates (subject to hydrolysis) is 1. The van der Waals surface area contributed by atoms with Gasteiger partial charge in [0.05, 0.1) is 13.7 Å². The number of nitrogens with one attached hydrogen (secondary N) is 2. The molecular formula is C31H45N3O7. The molecule has 0 saturated carbocycles. The second-order valence-electron chi connectivity index (χ2n) is 10.9. The van der Waals surface area contributed by atoms with Gasteiger partial charge in [0.25, 0.3) is 5.91 Å². The molecule has 0 fully saturated rings. The number of hydrogen-bond donors (Lipinski definition) is 4. The lowest BCUT2D eigenvalue weighted by molar-refractivity contribution is -0.141. The number of benzene rings is 2. The van der Waals surface area contributed by atoms with Gasteiger partial charge in [0, 0.05) is 12.2 Å². The summed E-state index contributed by atoms with van der Waals surface area (Å²) in [5, 5.41) is 25.6. The minimum absolute atomic E-state index is 0.0673. The molecule has 2 unspecified atom stereocenters. The number of carbonyl (C=O) groups excluding carboxylic acids is 3. The Morgan fingerprint density at radius 1 is 0.976 bits per heavy atom. The Labute approximate surface area is 243 Å². The maximum Gasteiger partial charge on any atom is 0.408 e. The number of methoxy groups -OCH3 is 1. The quantitative estimate of drug-likeness (QED) is 0.217. The number of carbonyl (C=O) groups is 3. The SMILES string of the molecule is CCCCCCCCN(C(=O)C(CO)NC(=O)OC(C)(C)C)C(C(=O)Nc1ccc(OC)cc1)c1cccc(O)c1. The molecule has 0 aliphatic heterocycles. The van der Waals surface area contributed by atoms with Crippen molar-refractivity contribution in [1.82, 2.24) is 10.2 Å². The molecule has 0 aliphatic carbocycles. The molecule has 0 saturated heterocycles. The molecule has 0 aromatic heterocycles. The maximum atomic E-state index is 13.9. The lowest BCUT2D eigenvalue weighted by atomic mass is 10.0. The van der Waals surface area contributed by atoms with Gasteiger partial charge in [-0.3, -0.25) is 9.59 Å². The average Bonchev–Trinajstić information content (AvgIpc) is 2.92. The van der Waals surface area contributed by atoms with E-state index in [0.29, 0.717) is 23.4 Å². The molecule has 41 heavy (non-hydrogen) atoms. The Kier molecular flexibility index (Phi) is 13.4. The number of anilines is 1. The van der Waals surface area contributed by atoms with Gasteiger partial charge in [-0.15, -0.1) is 0 Å². The first kappa shape index (κ1) is 33.4. The fourth-order valence-corrected chi connectivity index (χ4v) is 4.32. The number of aliphatic hydroxyl groups is 1. The van der Waals surface area contributed by atoms with Gasteiger partial charge in [-0.1, -0.05) is 51.2 Å². The number of amides is 3. The summed E-state index contributed by atoms with van der Waals surface area (Å²) in [7, 11) is 1.54. The summed E-state index contributed by atoms with van der Waals surface area (Å²) in [5.74, 6) is -0.618. The van der Waals surface area contributed by atoms with E-state index in [1.165, 1.54) is 17.0 Å². The minimum atomic E-state index is -1.35. The van der Waals surface area contributed by atoms with E-state index in [2.05, 4.69) is 17.6 Å². The zero-order valence-electron chi connectivity index (χ0n) is 24.8. The van der Waals surface area contributed by atoms with Crippen LogP contribution in [0.5, 0.6) is 11.5 Å². The van der Waals surface area contributed by atoms with E-state index in [0.717, 1.165) is 32.1 Å². The smallest absolute Gasteiger partial charge is 0.408 e. The minimum Gasteiger partial charge on any atom is -0.508 e. The number of hydrogen-bond acceptors (Lipinski definition) is 7. The topological polar surface area (TPSA) is 137 Å². The van der Waals surface area contributed by atoms with Crippen molar-refractivity contribution in [2.75, 3.05) is 25.6 Å². The predicted molar refractivity (Wildman–Crippen MR) is 158 cm³/mol. The number of rotatable bonds is 15. The molecule has 2 aromatic carbocycles. The first-order chi connectivity index (χ1) is 19.5. The number of phenols is 1. The molecule has 10 nitrogen and oxygen atoms in total. The van der Waals surface area contributed by atoms with Gasteiger partial charge in [0.15, 0.2) is 0 Å². The molecule has 2 aromatic rings. The number of unbranched alkanes of at least 4 members (excludes halogenated alkanes) is 5. The molecule has 0 bridgehead atoms. The van der Waals surface area contributed by atoms with E-state index in [-0.39, 0.29) is 12.3 Å². The van der Waals surface area contributed by atoms with Crippen molar-refractivity contribution in [3.05, 3.63) is 54.1 Å². The summed E-state index contributed by atoms with van der Waals surface area (Å²) in [6, 6.07) is 10.4. The van der Waals surface area contributed by atoms with Crippen molar-refractivity contribution in [3.8, 4) is 11.5 Å². The van der Waals surface area contributed by atoms with Crippen LogP contribution in [0.4, 0.5) is 10.5 Å². The van der Waals surface area contributed by atoms with Gasteiger partial charge in [0.1, 0.15) is 29.2 Å². The predicted octanol–water partition coefficient (Wildman–Crippen LogP) is 5.16. The molecule has 3 amide bonds. The summed E-state index contributed by atoms with van der Waals surface area (Å²) in [6.45, 7) is 6.69. The summed E-state index contributed by atoms with van der Waals surface area (Å²) in [6.07, 6.45) is 4.84. The lowest BCUT2D eigenvalue weighted by Gasteiger charge is -2.34. The van der Waals surface area contributed by atoms with Crippen molar-refractivity contribution in [3.63, 3.8) is 0 Å². The van der Waals surface area contributed by atoms with Gasteiger partial charge in [-0.05, 0) is 69.2 Å². The number of aromatic hydroxyl groups is 1. The third kappa shape index (κ3) is 11.3. The zero-order valence-corrected chi connectivity index (χ0v) is 24.8. The highest BCUT2D eigenvalue weighted by molar-refractivity contribution is 5.99.